The fourth-order valence-electron chi connectivity index (χ4n) is 1.39. The fraction of sp³-hybridized carbons (Fsp3) is 0.900. The van der Waals surface area contributed by atoms with E-state index in [1.165, 1.54) is 11.9 Å². The molecule has 0 saturated carbocycles. The van der Waals surface area contributed by atoms with Gasteiger partial charge in [-0.15, -0.1) is 0 Å². The number of carboxylic acids is 1. The molecule has 0 amide bonds. The zero-order valence-electron chi connectivity index (χ0n) is 9.55. The van der Waals surface area contributed by atoms with Gasteiger partial charge in [-0.3, -0.25) is 9.69 Å². The van der Waals surface area contributed by atoms with E-state index in [1.807, 2.05) is 6.92 Å². The highest BCUT2D eigenvalue weighted by Crippen LogP contribution is 2.20. The van der Waals surface area contributed by atoms with Gasteiger partial charge in [0, 0.05) is 6.54 Å². The number of alkyl halides is 3. The minimum atomic E-state index is -4.23. The third-order valence-corrected chi connectivity index (χ3v) is 2.40. The molecule has 0 radical (unpaired) electrons. The van der Waals surface area contributed by atoms with Gasteiger partial charge in [0.25, 0.3) is 0 Å². The smallest absolute Gasteiger partial charge is 0.390 e. The van der Waals surface area contributed by atoms with Gasteiger partial charge >= 0.3 is 12.1 Å². The molecule has 16 heavy (non-hydrogen) atoms. The average Bonchev–Trinajstić information content (AvgIpc) is 2.13. The number of rotatable bonds is 7. The highest BCUT2D eigenvalue weighted by atomic mass is 19.4. The second-order valence-corrected chi connectivity index (χ2v) is 3.84. The van der Waals surface area contributed by atoms with Crippen molar-refractivity contribution in [1.29, 1.82) is 0 Å². The van der Waals surface area contributed by atoms with Crippen LogP contribution in [0.2, 0.25) is 0 Å². The first kappa shape index (κ1) is 15.2. The molecule has 0 spiro atoms. The number of halogens is 3. The highest BCUT2D eigenvalue weighted by molar-refractivity contribution is 5.73. The summed E-state index contributed by atoms with van der Waals surface area (Å²) in [5.41, 5.74) is 0. The van der Waals surface area contributed by atoms with Crippen molar-refractivity contribution in [2.45, 2.75) is 44.8 Å². The SMILES string of the molecule is CCCCC(C(=O)O)N(C)CCC(F)(F)F. The predicted molar refractivity (Wildman–Crippen MR) is 54.3 cm³/mol. The average molecular weight is 241 g/mol. The molecular formula is C10H18F3NO2. The zero-order chi connectivity index (χ0) is 12.8. The molecule has 0 aliphatic heterocycles. The Morgan fingerprint density at radius 2 is 2.00 bits per heavy atom. The monoisotopic (exact) mass is 241 g/mol. The number of carboxylic acid groups (broad SMARTS) is 1. The molecule has 0 aromatic heterocycles. The lowest BCUT2D eigenvalue weighted by Gasteiger charge is -2.24. The Labute approximate surface area is 93.2 Å². The van der Waals surface area contributed by atoms with Gasteiger partial charge in [-0.2, -0.15) is 13.2 Å². The minimum absolute atomic E-state index is 0.274. The number of aliphatic carboxylic acids is 1. The molecular weight excluding hydrogens is 223 g/mol. The molecule has 0 aromatic rings. The van der Waals surface area contributed by atoms with E-state index in [0.717, 1.165) is 6.42 Å². The van der Waals surface area contributed by atoms with Crippen molar-refractivity contribution < 1.29 is 23.1 Å². The largest absolute Gasteiger partial charge is 0.480 e. The standard InChI is InChI=1S/C10H18F3NO2/c1-3-4-5-8(9(15)16)14(2)7-6-10(11,12)13/h8H,3-7H2,1-2H3,(H,15,16). The van der Waals surface area contributed by atoms with Gasteiger partial charge in [0.05, 0.1) is 6.42 Å². The van der Waals surface area contributed by atoms with Gasteiger partial charge in [-0.05, 0) is 13.5 Å². The Kier molecular flexibility index (Phi) is 6.40. The second kappa shape index (κ2) is 6.73. The Hall–Kier alpha value is -0.780. The summed E-state index contributed by atoms with van der Waals surface area (Å²) in [6.45, 7) is 1.64. The van der Waals surface area contributed by atoms with Crippen LogP contribution in [0.1, 0.15) is 32.6 Å². The summed E-state index contributed by atoms with van der Waals surface area (Å²) >= 11 is 0. The lowest BCUT2D eigenvalue weighted by atomic mass is 10.1. The number of hydrogen-bond donors (Lipinski definition) is 1. The van der Waals surface area contributed by atoms with Crippen molar-refractivity contribution in [3.05, 3.63) is 0 Å². The van der Waals surface area contributed by atoms with Gasteiger partial charge in [-0.25, -0.2) is 0 Å². The molecule has 0 fully saturated rings. The van der Waals surface area contributed by atoms with E-state index in [1.54, 1.807) is 0 Å². The van der Waals surface area contributed by atoms with Crippen LogP contribution in [-0.4, -0.2) is 41.8 Å². The van der Waals surface area contributed by atoms with Crippen LogP contribution in [0.3, 0.4) is 0 Å². The van der Waals surface area contributed by atoms with E-state index < -0.39 is 24.6 Å². The van der Waals surface area contributed by atoms with Gasteiger partial charge in [0.2, 0.25) is 0 Å². The van der Waals surface area contributed by atoms with Crippen LogP contribution < -0.4 is 0 Å². The number of carbonyl (C=O) groups is 1. The van der Waals surface area contributed by atoms with Gasteiger partial charge in [-0.1, -0.05) is 19.8 Å². The summed E-state index contributed by atoms with van der Waals surface area (Å²) in [5, 5.41) is 8.88. The molecule has 0 rings (SSSR count). The number of hydrogen-bond acceptors (Lipinski definition) is 2. The summed E-state index contributed by atoms with van der Waals surface area (Å²) < 4.78 is 35.9. The molecule has 0 aliphatic carbocycles. The quantitative estimate of drug-likeness (QED) is 0.744. The molecule has 6 heteroatoms. The number of unbranched alkanes of at least 4 members (excludes halogenated alkanes) is 1. The Bertz CT molecular complexity index is 219. The maximum Gasteiger partial charge on any atom is 0.390 e. The third kappa shape index (κ3) is 6.66. The summed E-state index contributed by atoms with van der Waals surface area (Å²) in [4.78, 5) is 12.1. The van der Waals surface area contributed by atoms with Crippen LogP contribution in [0.25, 0.3) is 0 Å². The predicted octanol–water partition coefficient (Wildman–Crippen LogP) is 2.51. The van der Waals surface area contributed by atoms with Gasteiger partial charge in [0.15, 0.2) is 0 Å². The molecule has 0 aromatic carbocycles. The molecule has 1 atom stereocenters. The first-order valence-corrected chi connectivity index (χ1v) is 5.27. The minimum Gasteiger partial charge on any atom is -0.480 e. The van der Waals surface area contributed by atoms with Crippen LogP contribution >= 0.6 is 0 Å². The summed E-state index contributed by atoms with van der Waals surface area (Å²) in [6.07, 6.45) is -3.29. The normalized spacial score (nSPS) is 14.1. The first-order chi connectivity index (χ1) is 7.28. The fourth-order valence-corrected chi connectivity index (χ4v) is 1.39. The van der Waals surface area contributed by atoms with Crippen molar-refractivity contribution in [3.63, 3.8) is 0 Å². The van der Waals surface area contributed by atoms with E-state index in [0.29, 0.717) is 12.8 Å². The second-order valence-electron chi connectivity index (χ2n) is 3.84. The Morgan fingerprint density at radius 3 is 2.38 bits per heavy atom. The van der Waals surface area contributed by atoms with Gasteiger partial charge < -0.3 is 5.11 Å². The summed E-state index contributed by atoms with van der Waals surface area (Å²) in [6, 6.07) is -0.817. The molecule has 0 heterocycles. The summed E-state index contributed by atoms with van der Waals surface area (Å²) in [7, 11) is 1.42. The molecule has 96 valence electrons. The Balaban J connectivity index is 4.17. The summed E-state index contributed by atoms with van der Waals surface area (Å²) in [5.74, 6) is -1.06. The number of nitrogens with zero attached hydrogens (tertiary/aromatic N) is 1. The molecule has 1 N–H and O–H groups in total. The molecule has 1 unspecified atom stereocenters. The van der Waals surface area contributed by atoms with E-state index in [2.05, 4.69) is 0 Å². The lowest BCUT2D eigenvalue weighted by molar-refractivity contribution is -0.149. The van der Waals surface area contributed by atoms with E-state index >= 15 is 0 Å². The Morgan fingerprint density at radius 1 is 1.44 bits per heavy atom. The molecule has 0 aliphatic rings. The van der Waals surface area contributed by atoms with Crippen LogP contribution in [0.5, 0.6) is 0 Å². The van der Waals surface area contributed by atoms with Crippen molar-refractivity contribution >= 4 is 5.97 Å². The van der Waals surface area contributed by atoms with Crippen molar-refractivity contribution in [3.8, 4) is 0 Å². The molecule has 3 nitrogen and oxygen atoms in total. The molecule has 0 saturated heterocycles. The topological polar surface area (TPSA) is 40.5 Å². The van der Waals surface area contributed by atoms with Gasteiger partial charge in [0.1, 0.15) is 6.04 Å². The van der Waals surface area contributed by atoms with Crippen LogP contribution in [0.4, 0.5) is 13.2 Å². The zero-order valence-corrected chi connectivity index (χ0v) is 9.55. The van der Waals surface area contributed by atoms with E-state index in [-0.39, 0.29) is 6.54 Å². The van der Waals surface area contributed by atoms with Crippen LogP contribution in [0.15, 0.2) is 0 Å². The van der Waals surface area contributed by atoms with Crippen molar-refractivity contribution in [1.82, 2.24) is 4.90 Å². The maximum absolute atomic E-state index is 12.0. The van der Waals surface area contributed by atoms with E-state index in [9.17, 15) is 18.0 Å². The van der Waals surface area contributed by atoms with Crippen LogP contribution in [-0.2, 0) is 4.79 Å². The lowest BCUT2D eigenvalue weighted by Crippen LogP contribution is -2.40. The molecule has 0 bridgehead atoms. The first-order valence-electron chi connectivity index (χ1n) is 5.27. The van der Waals surface area contributed by atoms with E-state index in [4.69, 9.17) is 5.11 Å². The highest BCUT2D eigenvalue weighted by Gasteiger charge is 2.30. The maximum atomic E-state index is 12.0. The van der Waals surface area contributed by atoms with Crippen molar-refractivity contribution in [2.75, 3.05) is 13.6 Å². The number of likely N-dealkylation sites (N-methyl/N-ethyl adjacent to an activating group) is 1. The third-order valence-electron chi connectivity index (χ3n) is 2.40. The van der Waals surface area contributed by atoms with Crippen LogP contribution in [0, 0.1) is 0 Å². The van der Waals surface area contributed by atoms with Crippen molar-refractivity contribution in [2.24, 2.45) is 0 Å².